The van der Waals surface area contributed by atoms with Gasteiger partial charge in [-0.05, 0) is 31.2 Å². The van der Waals surface area contributed by atoms with E-state index in [2.05, 4.69) is 4.72 Å². The lowest BCUT2D eigenvalue weighted by atomic mass is 9.90. The molecule has 1 aliphatic carbocycles. The minimum Gasteiger partial charge on any atom is -0.374 e. The summed E-state index contributed by atoms with van der Waals surface area (Å²) < 4.78 is 33.1. The summed E-state index contributed by atoms with van der Waals surface area (Å²) in [6, 6.07) is 2.53. The topological polar surface area (TPSA) is 75.7 Å². The van der Waals surface area contributed by atoms with Crippen molar-refractivity contribution in [3.05, 3.63) is 17.5 Å². The second-order valence-electron chi connectivity index (χ2n) is 6.07. The Balaban J connectivity index is 1.69. The van der Waals surface area contributed by atoms with Gasteiger partial charge >= 0.3 is 0 Å². The quantitative estimate of drug-likeness (QED) is 0.887. The Bertz CT molecular complexity index is 642. The molecule has 0 bridgehead atoms. The van der Waals surface area contributed by atoms with Crippen LogP contribution in [-0.2, 0) is 19.6 Å². The second kappa shape index (κ2) is 6.88. The SMILES string of the molecule is CC(NS(=O)(=O)c1cccs1)C(=O)N1CCOC2CCCCC21. The van der Waals surface area contributed by atoms with E-state index in [9.17, 15) is 13.2 Å². The van der Waals surface area contributed by atoms with E-state index in [-0.39, 0.29) is 22.3 Å². The monoisotopic (exact) mass is 358 g/mol. The number of rotatable bonds is 4. The summed E-state index contributed by atoms with van der Waals surface area (Å²) in [4.78, 5) is 14.6. The fraction of sp³-hybridized carbons (Fsp3) is 0.667. The van der Waals surface area contributed by atoms with Gasteiger partial charge in [-0.2, -0.15) is 4.72 Å². The summed E-state index contributed by atoms with van der Waals surface area (Å²) >= 11 is 1.14. The first-order chi connectivity index (χ1) is 11.0. The molecule has 1 aromatic heterocycles. The van der Waals surface area contributed by atoms with E-state index in [4.69, 9.17) is 4.74 Å². The maximum Gasteiger partial charge on any atom is 0.250 e. The van der Waals surface area contributed by atoms with Gasteiger partial charge < -0.3 is 9.64 Å². The van der Waals surface area contributed by atoms with E-state index in [0.29, 0.717) is 13.2 Å². The first-order valence-corrected chi connectivity index (χ1v) is 10.3. The van der Waals surface area contributed by atoms with Crippen molar-refractivity contribution >= 4 is 27.3 Å². The number of carbonyl (C=O) groups excluding carboxylic acids is 1. The third kappa shape index (κ3) is 3.60. The maximum absolute atomic E-state index is 12.7. The smallest absolute Gasteiger partial charge is 0.250 e. The van der Waals surface area contributed by atoms with Crippen molar-refractivity contribution in [1.82, 2.24) is 9.62 Å². The summed E-state index contributed by atoms with van der Waals surface area (Å²) in [5.74, 6) is -0.162. The second-order valence-corrected chi connectivity index (χ2v) is 8.96. The maximum atomic E-state index is 12.7. The number of nitrogens with zero attached hydrogens (tertiary/aromatic N) is 1. The van der Waals surface area contributed by atoms with Crippen LogP contribution in [0.4, 0.5) is 0 Å². The molecular weight excluding hydrogens is 336 g/mol. The molecule has 0 aromatic carbocycles. The molecule has 128 valence electrons. The van der Waals surface area contributed by atoms with Gasteiger partial charge in [0.2, 0.25) is 5.91 Å². The van der Waals surface area contributed by atoms with E-state index < -0.39 is 16.1 Å². The van der Waals surface area contributed by atoms with Crippen molar-refractivity contribution in [3.63, 3.8) is 0 Å². The summed E-state index contributed by atoms with van der Waals surface area (Å²) in [6.45, 7) is 2.67. The molecule has 2 aliphatic rings. The van der Waals surface area contributed by atoms with Crippen molar-refractivity contribution in [2.45, 2.75) is 55.0 Å². The first-order valence-electron chi connectivity index (χ1n) is 7.97. The van der Waals surface area contributed by atoms with Gasteiger partial charge in [-0.25, -0.2) is 8.42 Å². The predicted molar refractivity (Wildman–Crippen MR) is 87.8 cm³/mol. The van der Waals surface area contributed by atoms with Gasteiger partial charge in [-0.1, -0.05) is 18.9 Å². The van der Waals surface area contributed by atoms with Crippen LogP contribution in [0.3, 0.4) is 0 Å². The lowest BCUT2D eigenvalue weighted by molar-refractivity contribution is -0.150. The van der Waals surface area contributed by atoms with Crippen LogP contribution in [0.1, 0.15) is 32.6 Å². The van der Waals surface area contributed by atoms with E-state index in [1.807, 2.05) is 4.90 Å². The highest BCUT2D eigenvalue weighted by atomic mass is 32.2. The van der Waals surface area contributed by atoms with Crippen molar-refractivity contribution < 1.29 is 17.9 Å². The van der Waals surface area contributed by atoms with Crippen molar-refractivity contribution in [3.8, 4) is 0 Å². The van der Waals surface area contributed by atoms with Crippen molar-refractivity contribution in [2.75, 3.05) is 13.2 Å². The minimum atomic E-state index is -3.64. The minimum absolute atomic E-state index is 0.0821. The zero-order valence-electron chi connectivity index (χ0n) is 13.1. The molecule has 23 heavy (non-hydrogen) atoms. The average molecular weight is 358 g/mol. The molecule has 2 heterocycles. The Morgan fingerprint density at radius 2 is 2.22 bits per heavy atom. The number of amides is 1. The number of carbonyl (C=O) groups is 1. The highest BCUT2D eigenvalue weighted by Crippen LogP contribution is 2.29. The molecule has 1 saturated heterocycles. The van der Waals surface area contributed by atoms with Crippen LogP contribution in [0, 0.1) is 0 Å². The number of morpholine rings is 1. The molecule has 3 rings (SSSR count). The number of hydrogen-bond donors (Lipinski definition) is 1. The normalized spacial score (nSPS) is 26.6. The number of sulfonamides is 1. The molecule has 1 amide bonds. The van der Waals surface area contributed by atoms with Gasteiger partial charge in [0.25, 0.3) is 10.0 Å². The van der Waals surface area contributed by atoms with Crippen LogP contribution in [0.15, 0.2) is 21.7 Å². The van der Waals surface area contributed by atoms with Crippen LogP contribution in [0.2, 0.25) is 0 Å². The van der Waals surface area contributed by atoms with Gasteiger partial charge in [0.15, 0.2) is 0 Å². The Morgan fingerprint density at radius 1 is 1.43 bits per heavy atom. The molecule has 1 N–H and O–H groups in total. The van der Waals surface area contributed by atoms with Gasteiger partial charge in [-0.3, -0.25) is 4.79 Å². The van der Waals surface area contributed by atoms with Gasteiger partial charge in [0.1, 0.15) is 4.21 Å². The average Bonchev–Trinajstić information content (AvgIpc) is 3.08. The zero-order valence-corrected chi connectivity index (χ0v) is 14.7. The molecule has 1 aliphatic heterocycles. The third-order valence-corrected chi connectivity index (χ3v) is 7.42. The van der Waals surface area contributed by atoms with Crippen molar-refractivity contribution in [1.29, 1.82) is 0 Å². The fourth-order valence-corrected chi connectivity index (χ4v) is 5.58. The highest BCUT2D eigenvalue weighted by Gasteiger charge is 2.38. The first kappa shape index (κ1) is 16.9. The van der Waals surface area contributed by atoms with E-state index >= 15 is 0 Å². The lowest BCUT2D eigenvalue weighted by Gasteiger charge is -2.44. The Hall–Kier alpha value is -0.960. The molecule has 2 fully saturated rings. The predicted octanol–water partition coefficient (Wildman–Crippen LogP) is 1.58. The highest BCUT2D eigenvalue weighted by molar-refractivity contribution is 7.91. The lowest BCUT2D eigenvalue weighted by Crippen LogP contribution is -2.58. The number of nitrogens with one attached hydrogen (secondary N) is 1. The Labute approximate surface area is 140 Å². The number of fused-ring (bicyclic) bond motifs is 1. The summed E-state index contributed by atoms with van der Waals surface area (Å²) in [7, 11) is -3.64. The van der Waals surface area contributed by atoms with Crippen LogP contribution in [-0.4, -0.2) is 50.6 Å². The standard InChI is InChI=1S/C15H22N2O4S2/c1-11(16-23(19,20)14-7-4-10-22-14)15(18)17-8-9-21-13-6-3-2-5-12(13)17/h4,7,10-13,16H,2-3,5-6,8-9H2,1H3. The van der Waals surface area contributed by atoms with Crippen molar-refractivity contribution in [2.24, 2.45) is 0 Å². The molecule has 1 saturated carbocycles. The van der Waals surface area contributed by atoms with Gasteiger partial charge in [-0.15, -0.1) is 11.3 Å². The van der Waals surface area contributed by atoms with Crippen LogP contribution in [0.5, 0.6) is 0 Å². The summed E-state index contributed by atoms with van der Waals surface area (Å²) in [5.41, 5.74) is 0. The molecule has 3 atom stereocenters. The van der Waals surface area contributed by atoms with E-state index in [1.54, 1.807) is 18.4 Å². The van der Waals surface area contributed by atoms with E-state index in [1.165, 1.54) is 6.07 Å². The molecule has 3 unspecified atom stereocenters. The molecular formula is C15H22N2O4S2. The third-order valence-electron chi connectivity index (χ3n) is 4.48. The van der Waals surface area contributed by atoms with Crippen LogP contribution >= 0.6 is 11.3 Å². The zero-order chi connectivity index (χ0) is 16.4. The molecule has 8 heteroatoms. The van der Waals surface area contributed by atoms with Crippen LogP contribution in [0.25, 0.3) is 0 Å². The molecule has 0 spiro atoms. The van der Waals surface area contributed by atoms with Gasteiger partial charge in [0, 0.05) is 6.54 Å². The van der Waals surface area contributed by atoms with Crippen LogP contribution < -0.4 is 4.72 Å². The molecule has 1 aromatic rings. The summed E-state index contributed by atoms with van der Waals surface area (Å²) in [6.07, 6.45) is 4.22. The summed E-state index contributed by atoms with van der Waals surface area (Å²) in [5, 5.41) is 1.70. The Morgan fingerprint density at radius 3 is 2.96 bits per heavy atom. The van der Waals surface area contributed by atoms with Gasteiger partial charge in [0.05, 0.1) is 24.8 Å². The number of ether oxygens (including phenoxy) is 1. The fourth-order valence-electron chi connectivity index (χ4n) is 3.38. The molecule has 6 nitrogen and oxygen atoms in total. The Kier molecular flexibility index (Phi) is 5.05. The number of hydrogen-bond acceptors (Lipinski definition) is 5. The largest absolute Gasteiger partial charge is 0.374 e. The van der Waals surface area contributed by atoms with E-state index in [0.717, 1.165) is 37.0 Å². The number of thiophene rings is 1. The molecule has 0 radical (unpaired) electrons.